The molecule has 120 valence electrons. The lowest BCUT2D eigenvalue weighted by molar-refractivity contribution is 0.0366. The number of benzene rings is 1. The molecule has 1 aromatic carbocycles. The summed E-state index contributed by atoms with van der Waals surface area (Å²) < 4.78 is 26.9. The van der Waals surface area contributed by atoms with Crippen LogP contribution in [-0.4, -0.2) is 27.4 Å². The Morgan fingerprint density at radius 3 is 2.61 bits per heavy atom. The van der Waals surface area contributed by atoms with Gasteiger partial charge in [0, 0.05) is 6.92 Å². The summed E-state index contributed by atoms with van der Waals surface area (Å²) in [5, 5.41) is 3.22. The molecule has 3 rings (SSSR count). The van der Waals surface area contributed by atoms with Gasteiger partial charge in [0.25, 0.3) is 5.92 Å². The van der Waals surface area contributed by atoms with E-state index in [1.165, 1.54) is 11.3 Å². The lowest BCUT2D eigenvalue weighted by atomic mass is 10.2. The third-order valence-electron chi connectivity index (χ3n) is 3.18. The van der Waals surface area contributed by atoms with Gasteiger partial charge in [-0.25, -0.2) is 18.7 Å². The van der Waals surface area contributed by atoms with E-state index in [-0.39, 0.29) is 11.8 Å². The molecule has 3 aromatic rings. The van der Waals surface area contributed by atoms with Crippen LogP contribution < -0.4 is 11.1 Å². The van der Waals surface area contributed by atoms with Crippen LogP contribution in [0, 0.1) is 6.92 Å². The van der Waals surface area contributed by atoms with Crippen LogP contribution in [0.2, 0.25) is 0 Å². The predicted octanol–water partition coefficient (Wildman–Crippen LogP) is 3.71. The first-order valence-corrected chi connectivity index (χ1v) is 7.77. The number of rotatable bonds is 4. The topological polar surface area (TPSA) is 76.7 Å². The summed E-state index contributed by atoms with van der Waals surface area (Å²) >= 11 is 1.49. The molecule has 2 heterocycles. The summed E-state index contributed by atoms with van der Waals surface area (Å²) in [6, 6.07) is 7.74. The molecular formula is C15H15F2N5S. The van der Waals surface area contributed by atoms with Crippen LogP contribution in [0.5, 0.6) is 0 Å². The lowest BCUT2D eigenvalue weighted by Gasteiger charge is -2.13. The average molecular weight is 335 g/mol. The maximum absolute atomic E-state index is 12.9. The standard InChI is InChI=1S/C15H15F2N5S/c1-8-11(13-21-9-5-3-4-6-10(9)23-13)12(18)22-14(20-8)19-7-15(2,16)17/h3-6H,7H2,1-2H3,(H3,18,19,20,22). The summed E-state index contributed by atoms with van der Waals surface area (Å²) in [4.78, 5) is 12.8. The first-order chi connectivity index (χ1) is 10.8. The number of aryl methyl sites for hydroxylation is 1. The third-order valence-corrected chi connectivity index (χ3v) is 4.24. The van der Waals surface area contributed by atoms with Gasteiger partial charge in [-0.1, -0.05) is 12.1 Å². The minimum Gasteiger partial charge on any atom is -0.383 e. The molecule has 3 N–H and O–H groups in total. The van der Waals surface area contributed by atoms with Gasteiger partial charge in [0.1, 0.15) is 10.8 Å². The summed E-state index contributed by atoms with van der Waals surface area (Å²) in [6.07, 6.45) is 0. The van der Waals surface area contributed by atoms with E-state index in [2.05, 4.69) is 20.3 Å². The Morgan fingerprint density at radius 1 is 1.22 bits per heavy atom. The van der Waals surface area contributed by atoms with Crippen molar-refractivity contribution in [1.29, 1.82) is 0 Å². The van der Waals surface area contributed by atoms with Crippen molar-refractivity contribution in [3.63, 3.8) is 0 Å². The Kier molecular flexibility index (Phi) is 3.85. The highest BCUT2D eigenvalue weighted by atomic mass is 32.1. The number of nitrogens with zero attached hydrogens (tertiary/aromatic N) is 3. The Balaban J connectivity index is 1.97. The number of nitrogen functional groups attached to an aromatic ring is 1. The number of alkyl halides is 2. The highest BCUT2D eigenvalue weighted by Gasteiger charge is 2.22. The third kappa shape index (κ3) is 3.37. The van der Waals surface area contributed by atoms with Crippen molar-refractivity contribution in [3.05, 3.63) is 30.0 Å². The monoisotopic (exact) mass is 335 g/mol. The summed E-state index contributed by atoms with van der Waals surface area (Å²) in [6.45, 7) is 2.03. The predicted molar refractivity (Wildman–Crippen MR) is 88.9 cm³/mol. The molecule has 0 atom stereocenters. The molecule has 0 saturated carbocycles. The normalized spacial score (nSPS) is 11.8. The number of hydrogen-bond acceptors (Lipinski definition) is 6. The molecule has 0 bridgehead atoms. The van der Waals surface area contributed by atoms with E-state index in [4.69, 9.17) is 5.73 Å². The van der Waals surface area contributed by atoms with E-state index >= 15 is 0 Å². The molecule has 0 aliphatic rings. The van der Waals surface area contributed by atoms with Gasteiger partial charge in [-0.05, 0) is 19.1 Å². The van der Waals surface area contributed by atoms with Crippen molar-refractivity contribution in [2.45, 2.75) is 19.8 Å². The van der Waals surface area contributed by atoms with Gasteiger partial charge >= 0.3 is 0 Å². The maximum Gasteiger partial charge on any atom is 0.262 e. The molecule has 0 fully saturated rings. The van der Waals surface area contributed by atoms with Crippen LogP contribution in [0.25, 0.3) is 20.8 Å². The summed E-state index contributed by atoms with van der Waals surface area (Å²) in [7, 11) is 0. The van der Waals surface area contributed by atoms with Crippen molar-refractivity contribution in [2.75, 3.05) is 17.6 Å². The molecular weight excluding hydrogens is 320 g/mol. The molecule has 5 nitrogen and oxygen atoms in total. The fourth-order valence-electron chi connectivity index (χ4n) is 2.15. The number of nitrogens with two attached hydrogens (primary N) is 1. The van der Waals surface area contributed by atoms with Crippen LogP contribution in [0.15, 0.2) is 24.3 Å². The molecule has 23 heavy (non-hydrogen) atoms. The Morgan fingerprint density at radius 2 is 1.96 bits per heavy atom. The van der Waals surface area contributed by atoms with Crippen molar-refractivity contribution >= 4 is 33.3 Å². The van der Waals surface area contributed by atoms with E-state index in [1.807, 2.05) is 24.3 Å². The van der Waals surface area contributed by atoms with Crippen LogP contribution >= 0.6 is 11.3 Å². The number of hydrogen-bond donors (Lipinski definition) is 2. The van der Waals surface area contributed by atoms with Crippen molar-refractivity contribution in [3.8, 4) is 10.6 Å². The second-order valence-electron chi connectivity index (χ2n) is 5.30. The van der Waals surface area contributed by atoms with Gasteiger partial charge < -0.3 is 11.1 Å². The first-order valence-electron chi connectivity index (χ1n) is 6.95. The summed E-state index contributed by atoms with van der Waals surface area (Å²) in [5.41, 5.74) is 8.11. The van der Waals surface area contributed by atoms with Gasteiger partial charge in [0.15, 0.2) is 0 Å². The van der Waals surface area contributed by atoms with E-state index in [9.17, 15) is 8.78 Å². The van der Waals surface area contributed by atoms with Crippen molar-refractivity contribution in [2.24, 2.45) is 0 Å². The van der Waals surface area contributed by atoms with E-state index < -0.39 is 12.5 Å². The van der Waals surface area contributed by atoms with Gasteiger partial charge in [-0.2, -0.15) is 4.98 Å². The molecule has 2 aromatic heterocycles. The molecule has 0 aliphatic heterocycles. The van der Waals surface area contributed by atoms with E-state index in [1.54, 1.807) is 6.92 Å². The molecule has 8 heteroatoms. The SMILES string of the molecule is Cc1nc(NCC(C)(F)F)nc(N)c1-c1nc2ccccc2s1. The smallest absolute Gasteiger partial charge is 0.262 e. The Bertz CT molecular complexity index is 800. The minimum absolute atomic E-state index is 0.0892. The molecule has 0 saturated heterocycles. The average Bonchev–Trinajstić information content (AvgIpc) is 2.87. The first kappa shape index (κ1) is 15.5. The fraction of sp³-hybridized carbons (Fsp3) is 0.267. The Labute approximate surface area is 135 Å². The van der Waals surface area contributed by atoms with Gasteiger partial charge in [-0.3, -0.25) is 0 Å². The highest BCUT2D eigenvalue weighted by molar-refractivity contribution is 7.21. The second kappa shape index (κ2) is 5.69. The number of thiazole rings is 1. The number of aromatic nitrogens is 3. The number of para-hydroxylation sites is 1. The Hall–Kier alpha value is -2.35. The van der Waals surface area contributed by atoms with E-state index in [0.717, 1.165) is 17.1 Å². The quantitative estimate of drug-likeness (QED) is 0.760. The molecule has 0 spiro atoms. The molecule has 0 radical (unpaired) electrons. The number of anilines is 2. The van der Waals surface area contributed by atoms with Crippen LogP contribution in [0.4, 0.5) is 20.5 Å². The van der Waals surface area contributed by atoms with Crippen molar-refractivity contribution < 1.29 is 8.78 Å². The molecule has 0 amide bonds. The number of halogens is 2. The van der Waals surface area contributed by atoms with Gasteiger partial charge in [0.2, 0.25) is 5.95 Å². The van der Waals surface area contributed by atoms with E-state index in [0.29, 0.717) is 16.3 Å². The molecule has 0 aliphatic carbocycles. The zero-order valence-corrected chi connectivity index (χ0v) is 13.4. The minimum atomic E-state index is -2.85. The van der Waals surface area contributed by atoms with Gasteiger partial charge in [0.05, 0.1) is 28.0 Å². The van der Waals surface area contributed by atoms with Crippen LogP contribution in [0.3, 0.4) is 0 Å². The number of nitrogens with one attached hydrogen (secondary N) is 1. The zero-order valence-electron chi connectivity index (χ0n) is 12.6. The lowest BCUT2D eigenvalue weighted by Crippen LogP contribution is -2.24. The second-order valence-corrected chi connectivity index (χ2v) is 6.33. The number of fused-ring (bicyclic) bond motifs is 1. The zero-order chi connectivity index (χ0) is 16.6. The van der Waals surface area contributed by atoms with Crippen LogP contribution in [-0.2, 0) is 0 Å². The van der Waals surface area contributed by atoms with Crippen LogP contribution in [0.1, 0.15) is 12.6 Å². The summed E-state index contributed by atoms with van der Waals surface area (Å²) in [5.74, 6) is -2.54. The molecule has 0 unspecified atom stereocenters. The van der Waals surface area contributed by atoms with Crippen molar-refractivity contribution in [1.82, 2.24) is 15.0 Å². The largest absolute Gasteiger partial charge is 0.383 e. The maximum atomic E-state index is 12.9. The highest BCUT2D eigenvalue weighted by Crippen LogP contribution is 2.34. The fourth-order valence-corrected chi connectivity index (χ4v) is 3.22. The van der Waals surface area contributed by atoms with Gasteiger partial charge in [-0.15, -0.1) is 11.3 Å².